The van der Waals surface area contributed by atoms with Crippen molar-refractivity contribution in [1.82, 2.24) is 0 Å². The van der Waals surface area contributed by atoms with Gasteiger partial charge in [0.2, 0.25) is 0 Å². The van der Waals surface area contributed by atoms with E-state index in [2.05, 4.69) is 6.58 Å². The molecule has 0 unspecified atom stereocenters. The second kappa shape index (κ2) is 8.34. The predicted molar refractivity (Wildman–Crippen MR) is 83.6 cm³/mol. The van der Waals surface area contributed by atoms with Crippen LogP contribution in [-0.2, 0) is 0 Å². The third-order valence-corrected chi connectivity index (χ3v) is 2.91. The minimum atomic E-state index is -4.62. The summed E-state index contributed by atoms with van der Waals surface area (Å²) in [4.78, 5) is 0. The quantitative estimate of drug-likeness (QED) is 0.289. The van der Waals surface area contributed by atoms with Crippen LogP contribution in [0.15, 0.2) is 54.3 Å². The second-order valence-corrected chi connectivity index (χ2v) is 5.29. The van der Waals surface area contributed by atoms with E-state index in [0.717, 1.165) is 18.2 Å². The maximum absolute atomic E-state index is 13.6. The molecular weight excluding hydrogens is 322 g/mol. The fraction of sp³-hybridized carbons (Fsp3) is 0.278. The monoisotopic (exact) mass is 339 g/mol. The lowest BCUT2D eigenvalue weighted by molar-refractivity contribution is -0.0950. The van der Waals surface area contributed by atoms with E-state index in [1.807, 2.05) is 0 Å². The van der Waals surface area contributed by atoms with Gasteiger partial charge in [0.25, 0.3) is 0 Å². The Hall–Kier alpha value is -2.55. The van der Waals surface area contributed by atoms with Gasteiger partial charge in [0.15, 0.2) is 0 Å². The van der Waals surface area contributed by atoms with Gasteiger partial charge in [-0.2, -0.15) is 18.4 Å². The topological polar surface area (TPSA) is 33.0 Å². The fourth-order valence-corrected chi connectivity index (χ4v) is 1.75. The largest absolute Gasteiger partial charge is 0.457 e. The van der Waals surface area contributed by atoms with E-state index in [-0.39, 0.29) is 17.2 Å². The molecule has 128 valence electrons. The summed E-state index contributed by atoms with van der Waals surface area (Å²) in [5, 5.41) is 8.69. The molecule has 0 spiro atoms. The molecule has 0 fully saturated rings. The van der Waals surface area contributed by atoms with Crippen molar-refractivity contribution in [2.45, 2.75) is 26.4 Å². The molecule has 0 aliphatic rings. The Morgan fingerprint density at radius 1 is 1.38 bits per heavy atom. The first kappa shape index (κ1) is 19.5. The summed E-state index contributed by atoms with van der Waals surface area (Å²) >= 11 is 0. The molecule has 0 N–H and O–H groups in total. The number of nitrogens with zero attached hydrogens (tertiary/aromatic N) is 1. The molecule has 0 saturated carbocycles. The molecule has 0 aliphatic carbocycles. The predicted octanol–water partition coefficient (Wildman–Crippen LogP) is 5.68. The van der Waals surface area contributed by atoms with E-state index in [9.17, 15) is 17.6 Å². The van der Waals surface area contributed by atoms with Crippen molar-refractivity contribution in [2.75, 3.05) is 0 Å². The number of hydrogen-bond donors (Lipinski definition) is 0. The number of halogens is 4. The van der Waals surface area contributed by atoms with E-state index in [1.165, 1.54) is 12.1 Å². The van der Waals surface area contributed by atoms with Crippen molar-refractivity contribution in [3.63, 3.8) is 0 Å². The van der Waals surface area contributed by atoms with Crippen molar-refractivity contribution in [2.24, 2.45) is 5.92 Å². The standard InChI is InChI=1S/C18H17F4NO/c1-4-5-15(18(20,21)22)17(9-6-12(2)3)24-14-8-7-13(11-23)16(19)10-14/h4,6-10,12H,1,5H2,2-3H3/b9-6-,17-15-. The molecule has 0 amide bonds. The van der Waals surface area contributed by atoms with E-state index >= 15 is 0 Å². The van der Waals surface area contributed by atoms with Gasteiger partial charge >= 0.3 is 6.18 Å². The highest BCUT2D eigenvalue weighted by atomic mass is 19.4. The van der Waals surface area contributed by atoms with E-state index in [4.69, 9.17) is 10.00 Å². The molecule has 0 radical (unpaired) electrons. The first-order valence-electron chi connectivity index (χ1n) is 7.16. The van der Waals surface area contributed by atoms with Crippen molar-refractivity contribution in [3.05, 3.63) is 65.7 Å². The van der Waals surface area contributed by atoms with E-state index in [0.29, 0.717) is 0 Å². The Kier molecular flexibility index (Phi) is 6.78. The summed E-state index contributed by atoms with van der Waals surface area (Å²) in [5.41, 5.74) is -1.13. The Balaban J connectivity index is 3.35. The lowest BCUT2D eigenvalue weighted by atomic mass is 10.1. The third-order valence-electron chi connectivity index (χ3n) is 2.91. The van der Waals surface area contributed by atoms with Crippen LogP contribution in [-0.4, -0.2) is 6.18 Å². The van der Waals surface area contributed by atoms with Crippen molar-refractivity contribution < 1.29 is 22.3 Å². The number of nitriles is 1. The Bertz CT molecular complexity index is 694. The molecule has 0 bridgehead atoms. The number of rotatable bonds is 6. The van der Waals surface area contributed by atoms with E-state index < -0.39 is 29.7 Å². The molecule has 1 aromatic rings. The molecule has 1 aromatic carbocycles. The van der Waals surface area contributed by atoms with Gasteiger partial charge in [0.1, 0.15) is 23.4 Å². The lowest BCUT2D eigenvalue weighted by Crippen LogP contribution is -2.16. The number of allylic oxidation sites excluding steroid dienone is 4. The molecule has 2 nitrogen and oxygen atoms in total. The molecule has 0 heterocycles. The zero-order valence-corrected chi connectivity index (χ0v) is 13.3. The van der Waals surface area contributed by atoms with Crippen molar-refractivity contribution >= 4 is 0 Å². The lowest BCUT2D eigenvalue weighted by Gasteiger charge is -2.16. The fourth-order valence-electron chi connectivity index (χ4n) is 1.75. The molecule has 0 saturated heterocycles. The van der Waals surface area contributed by atoms with Gasteiger partial charge in [0, 0.05) is 6.07 Å². The summed E-state index contributed by atoms with van der Waals surface area (Å²) in [6, 6.07) is 4.90. The highest BCUT2D eigenvalue weighted by Gasteiger charge is 2.36. The van der Waals surface area contributed by atoms with Gasteiger partial charge in [-0.3, -0.25) is 0 Å². The van der Waals surface area contributed by atoms with Crippen molar-refractivity contribution in [1.29, 1.82) is 5.26 Å². The summed E-state index contributed by atoms with van der Waals surface area (Å²) in [7, 11) is 0. The zero-order chi connectivity index (χ0) is 18.3. The first-order chi connectivity index (χ1) is 11.2. The third kappa shape index (κ3) is 5.58. The maximum atomic E-state index is 13.6. The van der Waals surface area contributed by atoms with Gasteiger partial charge in [-0.25, -0.2) is 4.39 Å². The van der Waals surface area contributed by atoms with Crippen LogP contribution in [0.5, 0.6) is 5.75 Å². The molecule has 1 rings (SSSR count). The molecular formula is C18H17F4NO. The highest BCUT2D eigenvalue weighted by molar-refractivity contribution is 5.38. The van der Waals surface area contributed by atoms with Gasteiger partial charge < -0.3 is 4.74 Å². The molecule has 6 heteroatoms. The van der Waals surface area contributed by atoms with Crippen LogP contribution in [0.3, 0.4) is 0 Å². The number of hydrogen-bond acceptors (Lipinski definition) is 2. The summed E-state index contributed by atoms with van der Waals surface area (Å²) in [5.74, 6) is -1.42. The Morgan fingerprint density at radius 3 is 2.50 bits per heavy atom. The van der Waals surface area contributed by atoms with Crippen LogP contribution in [0, 0.1) is 23.1 Å². The number of benzene rings is 1. The van der Waals surface area contributed by atoms with Crippen molar-refractivity contribution in [3.8, 4) is 11.8 Å². The highest BCUT2D eigenvalue weighted by Crippen LogP contribution is 2.33. The van der Waals surface area contributed by atoms with Crippen LogP contribution in [0.2, 0.25) is 0 Å². The van der Waals surface area contributed by atoms with Crippen LogP contribution in [0.4, 0.5) is 17.6 Å². The number of ether oxygens (including phenoxy) is 1. The normalized spacial score (nSPS) is 12.9. The van der Waals surface area contributed by atoms with Gasteiger partial charge in [-0.1, -0.05) is 26.0 Å². The molecule has 24 heavy (non-hydrogen) atoms. The molecule has 0 aliphatic heterocycles. The first-order valence-corrected chi connectivity index (χ1v) is 7.16. The summed E-state index contributed by atoms with van der Waals surface area (Å²) < 4.78 is 58.6. The van der Waals surface area contributed by atoms with Gasteiger partial charge in [-0.05, 0) is 30.5 Å². The molecule has 0 atom stereocenters. The summed E-state index contributed by atoms with van der Waals surface area (Å²) in [6.45, 7) is 6.93. The molecule has 0 aromatic heterocycles. The average Bonchev–Trinajstić information content (AvgIpc) is 2.48. The number of alkyl halides is 3. The Morgan fingerprint density at radius 2 is 2.04 bits per heavy atom. The van der Waals surface area contributed by atoms with Gasteiger partial charge in [0.05, 0.1) is 11.1 Å². The SMILES string of the molecule is C=CC/C(=C(\C=C/C(C)C)Oc1ccc(C#N)c(F)c1)C(F)(F)F. The average molecular weight is 339 g/mol. The smallest absolute Gasteiger partial charge is 0.416 e. The van der Waals surface area contributed by atoms with E-state index in [1.54, 1.807) is 26.0 Å². The zero-order valence-electron chi connectivity index (χ0n) is 13.3. The minimum Gasteiger partial charge on any atom is -0.457 e. The van der Waals surface area contributed by atoms with Crippen LogP contribution >= 0.6 is 0 Å². The van der Waals surface area contributed by atoms with Gasteiger partial charge in [-0.15, -0.1) is 6.58 Å². The van der Waals surface area contributed by atoms with Crippen LogP contribution < -0.4 is 4.74 Å². The minimum absolute atomic E-state index is 0.000448. The Labute approximate surface area is 138 Å². The van der Waals surface area contributed by atoms with Crippen LogP contribution in [0.25, 0.3) is 0 Å². The maximum Gasteiger partial charge on any atom is 0.416 e. The van der Waals surface area contributed by atoms with Crippen LogP contribution in [0.1, 0.15) is 25.8 Å². The summed E-state index contributed by atoms with van der Waals surface area (Å²) in [6.07, 6.45) is -1.18. The second-order valence-electron chi connectivity index (χ2n) is 5.29.